The van der Waals surface area contributed by atoms with Crippen LogP contribution in [0.4, 0.5) is 5.88 Å². The van der Waals surface area contributed by atoms with Gasteiger partial charge < -0.3 is 23.5 Å². The number of aromatic nitrogens is 1. The van der Waals surface area contributed by atoms with Gasteiger partial charge in [-0.15, -0.1) is 0 Å². The number of nitrogens with zero attached hydrogens (tertiary/aromatic N) is 3. The van der Waals surface area contributed by atoms with Gasteiger partial charge in [0, 0.05) is 29.7 Å². The van der Waals surface area contributed by atoms with Crippen LogP contribution < -0.4 is 29.3 Å². The van der Waals surface area contributed by atoms with E-state index in [2.05, 4.69) is 25.8 Å². The van der Waals surface area contributed by atoms with E-state index in [-0.39, 0.29) is 12.2 Å². The molecule has 0 amide bonds. The molecule has 0 spiro atoms. The monoisotopic (exact) mass is 643 g/mol. The molecule has 0 bridgehead atoms. The number of halogens is 1. The van der Waals surface area contributed by atoms with Crippen LogP contribution in [0.25, 0.3) is 6.08 Å². The quantitative estimate of drug-likeness (QED) is 0.321. The van der Waals surface area contributed by atoms with E-state index < -0.39 is 12.0 Å². The fourth-order valence-corrected chi connectivity index (χ4v) is 6.85. The van der Waals surface area contributed by atoms with Gasteiger partial charge in [-0.2, -0.15) is 0 Å². The molecule has 41 heavy (non-hydrogen) atoms. The van der Waals surface area contributed by atoms with Crippen LogP contribution in [0.5, 0.6) is 11.5 Å². The molecule has 0 unspecified atom stereocenters. The molecule has 1 saturated heterocycles. The van der Waals surface area contributed by atoms with Crippen LogP contribution in [0, 0.1) is 0 Å². The summed E-state index contributed by atoms with van der Waals surface area (Å²) >= 11 is 4.91. The molecular weight excluding hydrogens is 610 g/mol. The fourth-order valence-electron chi connectivity index (χ4n) is 5.28. The molecule has 0 N–H and O–H groups in total. The third kappa shape index (κ3) is 5.88. The zero-order chi connectivity index (χ0) is 29.1. The zero-order valence-electron chi connectivity index (χ0n) is 23.7. The Labute approximate surface area is 250 Å². The van der Waals surface area contributed by atoms with E-state index in [1.54, 1.807) is 43.7 Å². The highest BCUT2D eigenvalue weighted by molar-refractivity contribution is 9.10. The predicted molar refractivity (Wildman–Crippen MR) is 162 cm³/mol. The Balaban J connectivity index is 1.64. The van der Waals surface area contributed by atoms with Crippen LogP contribution in [0.1, 0.15) is 63.8 Å². The number of allylic oxidation sites excluding steroid dienone is 1. The third-order valence-electron chi connectivity index (χ3n) is 7.20. The number of hydrogen-bond donors (Lipinski definition) is 0. The van der Waals surface area contributed by atoms with Crippen LogP contribution in [0.3, 0.4) is 0 Å². The Morgan fingerprint density at radius 1 is 1.15 bits per heavy atom. The van der Waals surface area contributed by atoms with Crippen molar-refractivity contribution in [1.82, 2.24) is 4.57 Å². The van der Waals surface area contributed by atoms with E-state index in [9.17, 15) is 9.59 Å². The standard InChI is InChI=1S/C30H34BrN3O6S/c1-5-38-23-17-21(31)20(16-22(23)37-4)27-26(29(36)39-6-2)18(3)32-30-34(27)28(35)24(41-30)15-19-11-12-25(40-19)33-13-9-7-8-10-14-33/h11-12,15-17,27H,5-10,13-14H2,1-4H3/b24-15+/t27-/m0/s1. The topological polar surface area (TPSA) is 95.5 Å². The first-order chi connectivity index (χ1) is 19.9. The van der Waals surface area contributed by atoms with Crippen LogP contribution in [0.2, 0.25) is 0 Å². The number of rotatable bonds is 8. The Hall–Kier alpha value is -3.31. The molecule has 4 heterocycles. The van der Waals surface area contributed by atoms with Gasteiger partial charge in [0.05, 0.1) is 42.2 Å². The Morgan fingerprint density at radius 2 is 1.90 bits per heavy atom. The molecule has 2 aliphatic rings. The molecule has 11 heteroatoms. The molecule has 3 aromatic rings. The molecule has 218 valence electrons. The van der Waals surface area contributed by atoms with E-state index >= 15 is 0 Å². The van der Waals surface area contributed by atoms with Crippen molar-refractivity contribution in [3.63, 3.8) is 0 Å². The van der Waals surface area contributed by atoms with Gasteiger partial charge in [0.15, 0.2) is 22.2 Å². The average Bonchev–Trinajstić information content (AvgIpc) is 3.41. The minimum atomic E-state index is -0.796. The summed E-state index contributed by atoms with van der Waals surface area (Å²) in [6, 6.07) is 6.63. The highest BCUT2D eigenvalue weighted by Gasteiger charge is 2.35. The molecule has 0 radical (unpaired) electrons. The lowest BCUT2D eigenvalue weighted by atomic mass is 9.95. The van der Waals surface area contributed by atoms with Gasteiger partial charge in [-0.3, -0.25) is 9.36 Å². The second-order valence-corrected chi connectivity index (χ2v) is 11.7. The van der Waals surface area contributed by atoms with Gasteiger partial charge in [0.25, 0.3) is 5.56 Å². The van der Waals surface area contributed by atoms with Gasteiger partial charge in [0.1, 0.15) is 5.76 Å². The maximum Gasteiger partial charge on any atom is 0.338 e. The van der Waals surface area contributed by atoms with Crippen LogP contribution in [0.15, 0.2) is 54.2 Å². The highest BCUT2D eigenvalue weighted by atomic mass is 79.9. The fraction of sp³-hybridized carbons (Fsp3) is 0.433. The summed E-state index contributed by atoms with van der Waals surface area (Å²) in [6.45, 7) is 7.97. The maximum absolute atomic E-state index is 14.0. The first-order valence-electron chi connectivity index (χ1n) is 13.9. The van der Waals surface area contributed by atoms with Crippen LogP contribution in [-0.2, 0) is 9.53 Å². The summed E-state index contributed by atoms with van der Waals surface area (Å²) in [7, 11) is 1.55. The number of hydrogen-bond acceptors (Lipinski definition) is 9. The molecule has 5 rings (SSSR count). The number of fused-ring (bicyclic) bond motifs is 1. The van der Waals surface area contributed by atoms with Gasteiger partial charge in [0.2, 0.25) is 0 Å². The van der Waals surface area contributed by atoms with Crippen molar-refractivity contribution < 1.29 is 23.4 Å². The Kier molecular flexibility index (Phi) is 9.03. The molecule has 0 aliphatic carbocycles. The summed E-state index contributed by atoms with van der Waals surface area (Å²) in [6.07, 6.45) is 6.50. The van der Waals surface area contributed by atoms with Crippen molar-refractivity contribution in [2.24, 2.45) is 4.99 Å². The number of ether oxygens (including phenoxy) is 3. The van der Waals surface area contributed by atoms with Crippen LogP contribution >= 0.6 is 27.3 Å². The van der Waals surface area contributed by atoms with Crippen molar-refractivity contribution in [2.45, 2.75) is 52.5 Å². The van der Waals surface area contributed by atoms with Crippen molar-refractivity contribution in [1.29, 1.82) is 0 Å². The molecule has 2 aliphatic heterocycles. The molecule has 2 aromatic heterocycles. The van der Waals surface area contributed by atoms with Crippen molar-refractivity contribution in [3.05, 3.63) is 71.0 Å². The summed E-state index contributed by atoms with van der Waals surface area (Å²) in [5.74, 6) is 1.92. The van der Waals surface area contributed by atoms with E-state index in [4.69, 9.17) is 18.6 Å². The second kappa shape index (κ2) is 12.7. The van der Waals surface area contributed by atoms with E-state index in [0.29, 0.717) is 54.5 Å². The minimum absolute atomic E-state index is 0.193. The minimum Gasteiger partial charge on any atom is -0.493 e. The highest BCUT2D eigenvalue weighted by Crippen LogP contribution is 2.41. The average molecular weight is 645 g/mol. The number of carbonyl (C=O) groups excluding carboxylic acids is 1. The maximum atomic E-state index is 14.0. The Bertz CT molecular complexity index is 1640. The number of furan rings is 1. The van der Waals surface area contributed by atoms with E-state index in [1.165, 1.54) is 24.2 Å². The number of methoxy groups -OCH3 is 1. The van der Waals surface area contributed by atoms with Crippen molar-refractivity contribution in [2.75, 3.05) is 38.3 Å². The molecular formula is C30H34BrN3O6S. The van der Waals surface area contributed by atoms with Gasteiger partial charge >= 0.3 is 5.97 Å². The van der Waals surface area contributed by atoms with Crippen molar-refractivity contribution in [3.8, 4) is 11.5 Å². The van der Waals surface area contributed by atoms with Gasteiger partial charge in [-0.1, -0.05) is 40.1 Å². The lowest BCUT2D eigenvalue weighted by Crippen LogP contribution is -2.40. The summed E-state index contributed by atoms with van der Waals surface area (Å²) in [5, 5.41) is 0. The normalized spacial score (nSPS) is 17.6. The van der Waals surface area contributed by atoms with Gasteiger partial charge in [-0.05, 0) is 57.4 Å². The molecule has 1 atom stereocenters. The van der Waals surface area contributed by atoms with Crippen molar-refractivity contribution >= 4 is 45.2 Å². The number of thiazole rings is 1. The summed E-state index contributed by atoms with van der Waals surface area (Å²) in [4.78, 5) is 34.7. The number of esters is 1. The second-order valence-electron chi connectivity index (χ2n) is 9.84. The van der Waals surface area contributed by atoms with Gasteiger partial charge in [-0.25, -0.2) is 9.79 Å². The van der Waals surface area contributed by atoms with E-state index in [0.717, 1.165) is 31.8 Å². The summed E-state index contributed by atoms with van der Waals surface area (Å²) in [5.41, 5.74) is 1.15. The smallest absolute Gasteiger partial charge is 0.338 e. The largest absolute Gasteiger partial charge is 0.493 e. The lowest BCUT2D eigenvalue weighted by molar-refractivity contribution is -0.139. The lowest BCUT2D eigenvalue weighted by Gasteiger charge is -2.26. The first-order valence-corrected chi connectivity index (χ1v) is 15.5. The predicted octanol–water partition coefficient (Wildman–Crippen LogP) is 4.94. The third-order valence-corrected chi connectivity index (χ3v) is 8.87. The number of anilines is 1. The Morgan fingerprint density at radius 3 is 2.59 bits per heavy atom. The zero-order valence-corrected chi connectivity index (χ0v) is 26.1. The molecule has 1 aromatic carbocycles. The number of carbonyl (C=O) groups is 1. The SMILES string of the molecule is CCOC(=O)C1=C(C)N=c2s/c(=C/c3ccc(N4CCCCCC4)o3)c(=O)n2[C@H]1c1cc(OC)c(OCC)cc1Br. The first kappa shape index (κ1) is 29.2. The summed E-state index contributed by atoms with van der Waals surface area (Å²) < 4.78 is 25.6. The van der Waals surface area contributed by atoms with E-state index in [1.807, 2.05) is 19.1 Å². The molecule has 0 saturated carbocycles. The number of benzene rings is 1. The molecule has 9 nitrogen and oxygen atoms in total. The van der Waals surface area contributed by atoms with Crippen LogP contribution in [-0.4, -0.2) is 43.9 Å². The molecule has 1 fully saturated rings.